The van der Waals surface area contributed by atoms with Crippen LogP contribution in [0.4, 0.5) is 0 Å². The van der Waals surface area contributed by atoms with Gasteiger partial charge >= 0.3 is 0 Å². The van der Waals surface area contributed by atoms with Crippen LogP contribution in [-0.4, -0.2) is 23.3 Å². The highest BCUT2D eigenvalue weighted by Crippen LogP contribution is 2.14. The maximum Gasteiger partial charge on any atom is 0.269 e. The van der Waals surface area contributed by atoms with Crippen molar-refractivity contribution in [3.63, 3.8) is 0 Å². The van der Waals surface area contributed by atoms with Crippen LogP contribution < -0.4 is 10.9 Å². The Labute approximate surface area is 110 Å². The van der Waals surface area contributed by atoms with Gasteiger partial charge in [0.2, 0.25) is 6.54 Å². The predicted molar refractivity (Wildman–Crippen MR) is 67.7 cm³/mol. The van der Waals surface area contributed by atoms with Gasteiger partial charge in [0.1, 0.15) is 5.41 Å². The van der Waals surface area contributed by atoms with Gasteiger partial charge in [-0.15, -0.1) is 0 Å². The van der Waals surface area contributed by atoms with E-state index >= 15 is 0 Å². The van der Waals surface area contributed by atoms with Gasteiger partial charge in [0.05, 0.1) is 0 Å². The minimum atomic E-state index is -1.20. The summed E-state index contributed by atoms with van der Waals surface area (Å²) in [7, 11) is 0. The molecule has 0 radical (unpaired) electrons. The number of carbonyl (C=O) groups is 2. The lowest BCUT2D eigenvalue weighted by Crippen LogP contribution is -2.49. The summed E-state index contributed by atoms with van der Waals surface area (Å²) in [5.41, 5.74) is 3.58. The lowest BCUT2D eigenvalue weighted by Gasteiger charge is -2.19. The van der Waals surface area contributed by atoms with E-state index in [2.05, 4.69) is 10.9 Å². The molecule has 0 aliphatic heterocycles. The molecule has 102 valence electrons. The first-order valence-electron chi connectivity index (χ1n) is 5.60. The third kappa shape index (κ3) is 4.38. The van der Waals surface area contributed by atoms with Gasteiger partial charge in [0.25, 0.3) is 11.8 Å². The van der Waals surface area contributed by atoms with E-state index in [-0.39, 0.29) is 0 Å². The van der Waals surface area contributed by atoms with Gasteiger partial charge in [-0.3, -0.25) is 30.6 Å². The van der Waals surface area contributed by atoms with E-state index in [1.807, 2.05) is 0 Å². The quantitative estimate of drug-likeness (QED) is 0.619. The third-order valence-corrected chi connectivity index (χ3v) is 2.46. The Morgan fingerprint density at radius 1 is 1.21 bits per heavy atom. The van der Waals surface area contributed by atoms with Gasteiger partial charge in [-0.25, -0.2) is 0 Å². The Balaban J connectivity index is 2.55. The molecule has 0 aliphatic carbocycles. The second kappa shape index (κ2) is 5.94. The van der Waals surface area contributed by atoms with Gasteiger partial charge in [-0.1, -0.05) is 18.2 Å². The van der Waals surface area contributed by atoms with Crippen LogP contribution in [0.5, 0.6) is 0 Å². The first-order chi connectivity index (χ1) is 8.83. The van der Waals surface area contributed by atoms with E-state index in [4.69, 9.17) is 0 Å². The van der Waals surface area contributed by atoms with E-state index in [0.29, 0.717) is 5.56 Å². The molecule has 0 heterocycles. The van der Waals surface area contributed by atoms with Crippen LogP contribution in [0.1, 0.15) is 24.2 Å². The van der Waals surface area contributed by atoms with Crippen molar-refractivity contribution in [1.29, 1.82) is 0 Å². The number of nitrogens with one attached hydrogen (secondary N) is 2. The molecular formula is C12H15N3O4. The van der Waals surface area contributed by atoms with Crippen molar-refractivity contribution in [1.82, 2.24) is 10.9 Å². The maximum atomic E-state index is 11.7. The van der Waals surface area contributed by atoms with Crippen molar-refractivity contribution >= 4 is 11.8 Å². The number of rotatable bonds is 4. The van der Waals surface area contributed by atoms with Gasteiger partial charge in [0, 0.05) is 10.5 Å². The summed E-state index contributed by atoms with van der Waals surface area (Å²) in [6.45, 7) is 2.35. The lowest BCUT2D eigenvalue weighted by atomic mass is 9.93. The molecule has 0 atom stereocenters. The summed E-state index contributed by atoms with van der Waals surface area (Å²) >= 11 is 0. The molecule has 0 bridgehead atoms. The van der Waals surface area contributed by atoms with E-state index in [1.54, 1.807) is 30.3 Å². The van der Waals surface area contributed by atoms with E-state index in [1.165, 1.54) is 13.8 Å². The zero-order valence-corrected chi connectivity index (χ0v) is 10.7. The second-order valence-electron chi connectivity index (χ2n) is 4.65. The maximum absolute atomic E-state index is 11.7. The fraction of sp³-hybridized carbons (Fsp3) is 0.333. The first kappa shape index (κ1) is 14.6. The van der Waals surface area contributed by atoms with Gasteiger partial charge in [-0.2, -0.15) is 0 Å². The highest BCUT2D eigenvalue weighted by Gasteiger charge is 2.33. The fourth-order valence-electron chi connectivity index (χ4n) is 1.34. The molecule has 7 heteroatoms. The average molecular weight is 265 g/mol. The first-order valence-corrected chi connectivity index (χ1v) is 5.60. The molecule has 0 saturated heterocycles. The van der Waals surface area contributed by atoms with Crippen molar-refractivity contribution in [2.75, 3.05) is 6.54 Å². The summed E-state index contributed by atoms with van der Waals surface area (Å²) in [6, 6.07) is 8.31. The van der Waals surface area contributed by atoms with E-state index < -0.39 is 28.7 Å². The van der Waals surface area contributed by atoms with Crippen LogP contribution in [0, 0.1) is 15.5 Å². The molecule has 1 aromatic carbocycles. The summed E-state index contributed by atoms with van der Waals surface area (Å²) in [5, 5.41) is 10.4. The molecule has 0 aliphatic rings. The fourth-order valence-corrected chi connectivity index (χ4v) is 1.34. The number of nitro groups is 1. The number of hydrogen-bond donors (Lipinski definition) is 2. The topological polar surface area (TPSA) is 101 Å². The standard InChI is InChI=1S/C12H15N3O4/c1-12(2,8-15(18)19)11(17)14-13-10(16)9-6-4-3-5-7-9/h3-7H,8H2,1-2H3,(H,13,16)(H,14,17). The number of benzene rings is 1. The molecule has 1 rings (SSSR count). The predicted octanol–water partition coefficient (Wildman–Crippen LogP) is 0.750. The molecule has 0 spiro atoms. The number of amides is 2. The number of hydrazine groups is 1. The summed E-state index contributed by atoms with van der Waals surface area (Å²) in [4.78, 5) is 33.2. The molecule has 2 amide bonds. The Morgan fingerprint density at radius 3 is 2.32 bits per heavy atom. The number of hydrogen-bond acceptors (Lipinski definition) is 4. The number of carbonyl (C=O) groups excluding carboxylic acids is 2. The van der Waals surface area contributed by atoms with Crippen molar-refractivity contribution in [3.8, 4) is 0 Å². The minimum Gasteiger partial charge on any atom is -0.272 e. The lowest BCUT2D eigenvalue weighted by molar-refractivity contribution is -0.492. The molecule has 1 aromatic rings. The van der Waals surface area contributed by atoms with Gasteiger partial charge < -0.3 is 0 Å². The van der Waals surface area contributed by atoms with Crippen LogP contribution in [-0.2, 0) is 4.79 Å². The molecule has 2 N–H and O–H groups in total. The van der Waals surface area contributed by atoms with Crippen LogP contribution in [0.15, 0.2) is 30.3 Å². The molecule has 0 fully saturated rings. The molecular weight excluding hydrogens is 250 g/mol. The Kier molecular flexibility index (Phi) is 4.57. The van der Waals surface area contributed by atoms with Crippen LogP contribution >= 0.6 is 0 Å². The van der Waals surface area contributed by atoms with Crippen molar-refractivity contribution < 1.29 is 14.5 Å². The van der Waals surface area contributed by atoms with E-state index in [9.17, 15) is 19.7 Å². The second-order valence-corrected chi connectivity index (χ2v) is 4.65. The zero-order chi connectivity index (χ0) is 14.5. The summed E-state index contributed by atoms with van der Waals surface area (Å²) < 4.78 is 0. The monoisotopic (exact) mass is 265 g/mol. The van der Waals surface area contributed by atoms with Crippen LogP contribution in [0.2, 0.25) is 0 Å². The zero-order valence-electron chi connectivity index (χ0n) is 10.7. The van der Waals surface area contributed by atoms with Crippen molar-refractivity contribution in [2.45, 2.75) is 13.8 Å². The van der Waals surface area contributed by atoms with Crippen molar-refractivity contribution in [2.24, 2.45) is 5.41 Å². The largest absolute Gasteiger partial charge is 0.272 e. The van der Waals surface area contributed by atoms with E-state index in [0.717, 1.165) is 0 Å². The third-order valence-electron chi connectivity index (χ3n) is 2.46. The SMILES string of the molecule is CC(C)(C[N+](=O)[O-])C(=O)NNC(=O)c1ccccc1. The van der Waals surface area contributed by atoms with Gasteiger partial charge in [-0.05, 0) is 26.0 Å². The molecule has 19 heavy (non-hydrogen) atoms. The highest BCUT2D eigenvalue weighted by molar-refractivity contribution is 5.95. The molecule has 7 nitrogen and oxygen atoms in total. The van der Waals surface area contributed by atoms with Gasteiger partial charge in [0.15, 0.2) is 0 Å². The molecule has 0 unspecified atom stereocenters. The Morgan fingerprint density at radius 2 is 1.79 bits per heavy atom. The minimum absolute atomic E-state index is 0.384. The average Bonchev–Trinajstić information content (AvgIpc) is 2.35. The highest BCUT2D eigenvalue weighted by atomic mass is 16.6. The summed E-state index contributed by atoms with van der Waals surface area (Å²) in [5.74, 6) is -1.10. The summed E-state index contributed by atoms with van der Waals surface area (Å²) in [6.07, 6.45) is 0. The molecule has 0 aromatic heterocycles. The number of nitrogens with zero attached hydrogens (tertiary/aromatic N) is 1. The Hall–Kier alpha value is -2.44. The Bertz CT molecular complexity index is 485. The smallest absolute Gasteiger partial charge is 0.269 e. The normalized spacial score (nSPS) is 10.6. The van der Waals surface area contributed by atoms with Crippen LogP contribution in [0.25, 0.3) is 0 Å². The molecule has 0 saturated carbocycles. The van der Waals surface area contributed by atoms with Crippen molar-refractivity contribution in [3.05, 3.63) is 46.0 Å². The van der Waals surface area contributed by atoms with Crippen LogP contribution in [0.3, 0.4) is 0 Å².